The molecule has 0 heterocycles. The smallest absolute Gasteiger partial charge is 0.0356 e. The summed E-state index contributed by atoms with van der Waals surface area (Å²) in [6.07, 6.45) is 3.94. The van der Waals surface area contributed by atoms with E-state index in [4.69, 9.17) is 5.73 Å². The monoisotopic (exact) mass is 184 g/mol. The number of rotatable bonds is 5. The first-order valence-corrected chi connectivity index (χ1v) is 5.51. The van der Waals surface area contributed by atoms with Crippen LogP contribution in [0, 0.1) is 5.92 Å². The number of hydrogen-bond acceptors (Lipinski definition) is 2. The van der Waals surface area contributed by atoms with Crippen molar-refractivity contribution in [2.45, 2.75) is 51.6 Å². The lowest BCUT2D eigenvalue weighted by Gasteiger charge is -2.43. The van der Waals surface area contributed by atoms with Crippen LogP contribution in [-0.4, -0.2) is 30.1 Å². The van der Waals surface area contributed by atoms with Gasteiger partial charge in [0.2, 0.25) is 0 Å². The molecular formula is C11H24N2. The molecule has 0 aromatic rings. The first kappa shape index (κ1) is 11.0. The molecule has 1 aliphatic carbocycles. The number of nitrogens with zero attached hydrogens (tertiary/aromatic N) is 1. The van der Waals surface area contributed by atoms with Crippen molar-refractivity contribution < 1.29 is 0 Å². The zero-order valence-corrected chi connectivity index (χ0v) is 9.51. The predicted molar refractivity (Wildman–Crippen MR) is 57.7 cm³/mol. The minimum absolute atomic E-state index is 0.286. The minimum atomic E-state index is 0.286. The molecule has 0 saturated heterocycles. The first-order chi connectivity index (χ1) is 6.08. The third-order valence-corrected chi connectivity index (χ3v) is 3.78. The van der Waals surface area contributed by atoms with Crippen LogP contribution in [0.5, 0.6) is 0 Å². The van der Waals surface area contributed by atoms with E-state index < -0.39 is 0 Å². The van der Waals surface area contributed by atoms with Crippen LogP contribution >= 0.6 is 0 Å². The zero-order chi connectivity index (χ0) is 10.1. The Labute approximate surface area is 82.5 Å². The Hall–Kier alpha value is -0.0800. The summed E-state index contributed by atoms with van der Waals surface area (Å²) in [5, 5.41) is 0. The van der Waals surface area contributed by atoms with Gasteiger partial charge >= 0.3 is 0 Å². The van der Waals surface area contributed by atoms with Gasteiger partial charge in [0.05, 0.1) is 0 Å². The van der Waals surface area contributed by atoms with Crippen molar-refractivity contribution in [3.05, 3.63) is 0 Å². The van der Waals surface area contributed by atoms with Crippen LogP contribution in [0.15, 0.2) is 0 Å². The van der Waals surface area contributed by atoms with Gasteiger partial charge in [0.25, 0.3) is 0 Å². The maximum absolute atomic E-state index is 5.96. The molecule has 0 spiro atoms. The zero-order valence-electron chi connectivity index (χ0n) is 9.51. The van der Waals surface area contributed by atoms with Crippen LogP contribution in [0.25, 0.3) is 0 Å². The fraction of sp³-hybridized carbons (Fsp3) is 1.00. The Bertz CT molecular complexity index is 157. The molecule has 2 nitrogen and oxygen atoms in total. The number of hydrogen-bond donors (Lipinski definition) is 1. The molecule has 1 unspecified atom stereocenters. The highest BCUT2D eigenvalue weighted by Gasteiger charge is 2.46. The molecule has 0 aliphatic heterocycles. The molecule has 0 amide bonds. The van der Waals surface area contributed by atoms with Gasteiger partial charge in [-0.05, 0) is 46.1 Å². The second kappa shape index (κ2) is 3.97. The molecule has 0 aromatic carbocycles. The summed E-state index contributed by atoms with van der Waals surface area (Å²) in [6.45, 7) is 7.58. The first-order valence-electron chi connectivity index (χ1n) is 5.51. The molecule has 0 aromatic heterocycles. The third-order valence-electron chi connectivity index (χ3n) is 3.78. The van der Waals surface area contributed by atoms with E-state index in [-0.39, 0.29) is 5.54 Å². The minimum Gasteiger partial charge on any atom is -0.329 e. The molecule has 0 bridgehead atoms. The highest BCUT2D eigenvalue weighted by atomic mass is 15.2. The van der Waals surface area contributed by atoms with Crippen molar-refractivity contribution in [2.75, 3.05) is 13.6 Å². The van der Waals surface area contributed by atoms with E-state index in [1.165, 1.54) is 19.3 Å². The lowest BCUT2D eigenvalue weighted by Crippen LogP contribution is -2.56. The van der Waals surface area contributed by atoms with Crippen molar-refractivity contribution in [3.63, 3.8) is 0 Å². The maximum Gasteiger partial charge on any atom is 0.0356 e. The largest absolute Gasteiger partial charge is 0.329 e. The van der Waals surface area contributed by atoms with Crippen molar-refractivity contribution in [3.8, 4) is 0 Å². The van der Waals surface area contributed by atoms with Gasteiger partial charge in [-0.25, -0.2) is 0 Å². The molecule has 0 radical (unpaired) electrons. The summed E-state index contributed by atoms with van der Waals surface area (Å²) in [5.41, 5.74) is 6.24. The van der Waals surface area contributed by atoms with E-state index >= 15 is 0 Å². The molecule has 1 aliphatic rings. The van der Waals surface area contributed by atoms with Gasteiger partial charge in [-0.15, -0.1) is 0 Å². The summed E-state index contributed by atoms with van der Waals surface area (Å²) in [7, 11) is 2.22. The van der Waals surface area contributed by atoms with Crippen molar-refractivity contribution in [1.82, 2.24) is 4.90 Å². The van der Waals surface area contributed by atoms with Crippen LogP contribution in [0.4, 0.5) is 0 Å². The summed E-state index contributed by atoms with van der Waals surface area (Å²) in [4.78, 5) is 2.48. The predicted octanol–water partition coefficient (Wildman–Crippen LogP) is 1.84. The highest BCUT2D eigenvalue weighted by molar-refractivity contribution is 5.02. The van der Waals surface area contributed by atoms with E-state index in [9.17, 15) is 0 Å². The standard InChI is InChI=1S/C11H24N2/c1-5-11(8-12,10-6-7-10)13(4)9(2)3/h9-10H,5-8,12H2,1-4H3. The summed E-state index contributed by atoms with van der Waals surface area (Å²) >= 11 is 0. The fourth-order valence-corrected chi connectivity index (χ4v) is 2.42. The fourth-order valence-electron chi connectivity index (χ4n) is 2.42. The lowest BCUT2D eigenvalue weighted by molar-refractivity contribution is 0.0670. The summed E-state index contributed by atoms with van der Waals surface area (Å²) in [6, 6.07) is 0.601. The molecule has 1 saturated carbocycles. The van der Waals surface area contributed by atoms with E-state index in [1.54, 1.807) is 0 Å². The van der Waals surface area contributed by atoms with Crippen molar-refractivity contribution in [2.24, 2.45) is 11.7 Å². The Morgan fingerprint density at radius 3 is 2.23 bits per heavy atom. The Kier molecular flexibility index (Phi) is 3.36. The molecule has 1 rings (SSSR count). The van der Waals surface area contributed by atoms with Gasteiger partial charge in [-0.3, -0.25) is 4.90 Å². The third kappa shape index (κ3) is 1.89. The number of nitrogens with two attached hydrogens (primary N) is 1. The summed E-state index contributed by atoms with van der Waals surface area (Å²) < 4.78 is 0. The SMILES string of the molecule is CCC(CN)(C1CC1)N(C)C(C)C. The average molecular weight is 184 g/mol. The van der Waals surface area contributed by atoms with Gasteiger partial charge in [-0.1, -0.05) is 6.92 Å². The van der Waals surface area contributed by atoms with Gasteiger partial charge in [0.1, 0.15) is 0 Å². The molecule has 78 valence electrons. The quantitative estimate of drug-likeness (QED) is 0.706. The van der Waals surface area contributed by atoms with Gasteiger partial charge in [0, 0.05) is 18.1 Å². The normalized spacial score (nSPS) is 22.4. The Morgan fingerprint density at radius 2 is 2.00 bits per heavy atom. The Balaban J connectivity index is 2.74. The van der Waals surface area contributed by atoms with E-state index in [2.05, 4.69) is 32.7 Å². The second-order valence-electron chi connectivity index (χ2n) is 4.64. The molecular weight excluding hydrogens is 160 g/mol. The highest BCUT2D eigenvalue weighted by Crippen LogP contribution is 2.44. The lowest BCUT2D eigenvalue weighted by atomic mass is 9.87. The molecule has 13 heavy (non-hydrogen) atoms. The van der Waals surface area contributed by atoms with Gasteiger partial charge in [0.15, 0.2) is 0 Å². The molecule has 2 heteroatoms. The van der Waals surface area contributed by atoms with Crippen LogP contribution in [0.2, 0.25) is 0 Å². The maximum atomic E-state index is 5.96. The molecule has 1 fully saturated rings. The Morgan fingerprint density at radius 1 is 1.46 bits per heavy atom. The summed E-state index contributed by atoms with van der Waals surface area (Å²) in [5.74, 6) is 0.856. The number of likely N-dealkylation sites (N-methyl/N-ethyl adjacent to an activating group) is 1. The van der Waals surface area contributed by atoms with E-state index in [0.717, 1.165) is 12.5 Å². The molecule has 2 N–H and O–H groups in total. The van der Waals surface area contributed by atoms with E-state index in [1.807, 2.05) is 0 Å². The van der Waals surface area contributed by atoms with Crippen molar-refractivity contribution >= 4 is 0 Å². The van der Waals surface area contributed by atoms with E-state index in [0.29, 0.717) is 6.04 Å². The van der Waals surface area contributed by atoms with Crippen LogP contribution in [-0.2, 0) is 0 Å². The van der Waals surface area contributed by atoms with Crippen molar-refractivity contribution in [1.29, 1.82) is 0 Å². The molecule has 1 atom stereocenters. The van der Waals surface area contributed by atoms with Crippen LogP contribution < -0.4 is 5.73 Å². The van der Waals surface area contributed by atoms with Crippen LogP contribution in [0.1, 0.15) is 40.0 Å². The van der Waals surface area contributed by atoms with Crippen LogP contribution in [0.3, 0.4) is 0 Å². The van der Waals surface area contributed by atoms with Gasteiger partial charge in [-0.2, -0.15) is 0 Å². The van der Waals surface area contributed by atoms with Gasteiger partial charge < -0.3 is 5.73 Å². The average Bonchev–Trinajstić information content (AvgIpc) is 2.91. The second-order valence-corrected chi connectivity index (χ2v) is 4.64. The topological polar surface area (TPSA) is 29.3 Å².